The monoisotopic (exact) mass is 347 g/mol. The third-order valence-electron chi connectivity index (χ3n) is 4.35. The van der Waals surface area contributed by atoms with Crippen LogP contribution in [0, 0.1) is 0 Å². The molecule has 2 aromatic carbocycles. The van der Waals surface area contributed by atoms with Gasteiger partial charge in [0.2, 0.25) is 5.95 Å². The number of carbonyl (C=O) groups is 1. The molecule has 4 N–H and O–H groups in total. The molecule has 1 aliphatic rings. The van der Waals surface area contributed by atoms with Crippen LogP contribution in [-0.4, -0.2) is 22.4 Å². The number of anilines is 3. The van der Waals surface area contributed by atoms with Gasteiger partial charge in [-0.1, -0.05) is 48.5 Å². The maximum atomic E-state index is 13.3. The smallest absolute Gasteiger partial charge is 0.278 e. The Morgan fingerprint density at radius 2 is 1.73 bits per heavy atom. The molecule has 0 saturated carbocycles. The molecular formula is C19H17N5O2. The van der Waals surface area contributed by atoms with Crippen LogP contribution in [0.3, 0.4) is 0 Å². The average Bonchev–Trinajstić information content (AvgIpc) is 2.68. The van der Waals surface area contributed by atoms with Crippen molar-refractivity contribution in [2.45, 2.75) is 6.04 Å². The molecule has 26 heavy (non-hydrogen) atoms. The third-order valence-corrected chi connectivity index (χ3v) is 4.35. The Morgan fingerprint density at radius 3 is 2.42 bits per heavy atom. The van der Waals surface area contributed by atoms with Crippen molar-refractivity contribution in [3.8, 4) is 0 Å². The minimum atomic E-state index is -0.454. The van der Waals surface area contributed by atoms with Crippen LogP contribution < -0.4 is 21.5 Å². The summed E-state index contributed by atoms with van der Waals surface area (Å²) in [7, 11) is 0. The highest BCUT2D eigenvalue weighted by Gasteiger charge is 2.35. The van der Waals surface area contributed by atoms with Gasteiger partial charge >= 0.3 is 0 Å². The topological polar surface area (TPSA) is 104 Å². The number of fused-ring (bicyclic) bond motifs is 1. The fourth-order valence-corrected chi connectivity index (χ4v) is 3.18. The quantitative estimate of drug-likeness (QED) is 0.659. The van der Waals surface area contributed by atoms with Crippen molar-refractivity contribution in [3.05, 3.63) is 82.1 Å². The van der Waals surface area contributed by atoms with Crippen LogP contribution in [-0.2, 0) is 0 Å². The van der Waals surface area contributed by atoms with E-state index >= 15 is 0 Å². The molecule has 1 unspecified atom stereocenters. The third kappa shape index (κ3) is 2.69. The van der Waals surface area contributed by atoms with Crippen LogP contribution in [0.25, 0.3) is 0 Å². The number of nitrogen functional groups attached to an aromatic ring is 1. The van der Waals surface area contributed by atoms with E-state index in [4.69, 9.17) is 5.73 Å². The first kappa shape index (κ1) is 15.9. The lowest BCUT2D eigenvalue weighted by Crippen LogP contribution is -2.45. The number of aromatic nitrogens is 2. The fourth-order valence-electron chi connectivity index (χ4n) is 3.18. The maximum absolute atomic E-state index is 13.3. The first-order valence-corrected chi connectivity index (χ1v) is 8.22. The Hall–Kier alpha value is -3.61. The van der Waals surface area contributed by atoms with Crippen LogP contribution >= 0.6 is 0 Å². The standard InChI is InChI=1S/C19H17N5O2/c20-19-22-16-15(17(25)23-19)24(18(26)13-9-5-2-6-10-13)14(11-21-16)12-7-3-1-4-8-12/h1-10,14H,11H2,(H4,20,21,22,23,25). The van der Waals surface area contributed by atoms with Gasteiger partial charge in [-0.25, -0.2) is 0 Å². The zero-order valence-corrected chi connectivity index (χ0v) is 13.8. The molecule has 1 atom stereocenters. The number of hydrogen-bond acceptors (Lipinski definition) is 5. The Kier molecular flexibility index (Phi) is 3.89. The highest BCUT2D eigenvalue weighted by atomic mass is 16.2. The molecule has 7 nitrogen and oxygen atoms in total. The summed E-state index contributed by atoms with van der Waals surface area (Å²) in [6, 6.07) is 18.1. The molecule has 0 aliphatic carbocycles. The van der Waals surface area contributed by atoms with Gasteiger partial charge in [0.15, 0.2) is 11.5 Å². The summed E-state index contributed by atoms with van der Waals surface area (Å²) in [5.41, 5.74) is 6.79. The van der Waals surface area contributed by atoms with E-state index in [1.54, 1.807) is 24.3 Å². The van der Waals surface area contributed by atoms with Gasteiger partial charge in [0.25, 0.3) is 11.5 Å². The molecule has 0 spiro atoms. The molecule has 7 heteroatoms. The van der Waals surface area contributed by atoms with E-state index in [2.05, 4.69) is 15.3 Å². The molecule has 1 amide bonds. The summed E-state index contributed by atoms with van der Waals surface area (Å²) in [6.07, 6.45) is 0. The van der Waals surface area contributed by atoms with Crippen molar-refractivity contribution < 1.29 is 4.79 Å². The number of nitrogens with two attached hydrogens (primary N) is 1. The molecular weight excluding hydrogens is 330 g/mol. The zero-order valence-electron chi connectivity index (χ0n) is 13.8. The second-order valence-electron chi connectivity index (χ2n) is 6.00. The highest BCUT2D eigenvalue weighted by molar-refractivity contribution is 6.08. The number of amides is 1. The summed E-state index contributed by atoms with van der Waals surface area (Å²) in [6.45, 7) is 0.422. The van der Waals surface area contributed by atoms with Crippen molar-refractivity contribution >= 4 is 23.4 Å². The SMILES string of the molecule is Nc1nc2c(c(=O)[nH]1)N(C(=O)c1ccccc1)C(c1ccccc1)CN2. The normalized spacial score (nSPS) is 15.8. The molecule has 0 radical (unpaired) electrons. The average molecular weight is 347 g/mol. The summed E-state index contributed by atoms with van der Waals surface area (Å²) in [5.74, 6) is 0.0495. The molecule has 0 fully saturated rings. The minimum absolute atomic E-state index is 0.00604. The van der Waals surface area contributed by atoms with Crippen molar-refractivity contribution in [1.29, 1.82) is 0 Å². The molecule has 0 bridgehead atoms. The molecule has 130 valence electrons. The molecule has 1 aliphatic heterocycles. The molecule has 2 heterocycles. The second kappa shape index (κ2) is 6.36. The van der Waals surface area contributed by atoms with Gasteiger partial charge in [-0.2, -0.15) is 4.98 Å². The highest BCUT2D eigenvalue weighted by Crippen LogP contribution is 2.35. The van der Waals surface area contributed by atoms with Gasteiger partial charge in [-0.05, 0) is 17.7 Å². The number of carbonyl (C=O) groups excluding carboxylic acids is 1. The molecule has 0 saturated heterocycles. The van der Waals surface area contributed by atoms with E-state index in [0.29, 0.717) is 17.9 Å². The van der Waals surface area contributed by atoms with Gasteiger partial charge < -0.3 is 11.1 Å². The van der Waals surface area contributed by atoms with E-state index in [1.807, 2.05) is 36.4 Å². The lowest BCUT2D eigenvalue weighted by molar-refractivity contribution is 0.0976. The van der Waals surface area contributed by atoms with Crippen LogP contribution in [0.15, 0.2) is 65.5 Å². The van der Waals surface area contributed by atoms with Gasteiger partial charge in [-0.3, -0.25) is 19.5 Å². The first-order valence-electron chi connectivity index (χ1n) is 8.22. The Morgan fingerprint density at radius 1 is 1.08 bits per heavy atom. The van der Waals surface area contributed by atoms with Gasteiger partial charge in [-0.15, -0.1) is 0 Å². The van der Waals surface area contributed by atoms with Crippen molar-refractivity contribution in [3.63, 3.8) is 0 Å². The second-order valence-corrected chi connectivity index (χ2v) is 6.00. The number of aromatic amines is 1. The van der Waals surface area contributed by atoms with E-state index in [1.165, 1.54) is 4.90 Å². The van der Waals surface area contributed by atoms with Gasteiger partial charge in [0, 0.05) is 12.1 Å². The van der Waals surface area contributed by atoms with Gasteiger partial charge in [0.1, 0.15) is 0 Å². The van der Waals surface area contributed by atoms with E-state index < -0.39 is 5.56 Å². The predicted octanol–water partition coefficient (Wildman–Crippen LogP) is 2.17. The lowest BCUT2D eigenvalue weighted by atomic mass is 10.0. The summed E-state index contributed by atoms with van der Waals surface area (Å²) in [4.78, 5) is 34.0. The number of benzene rings is 2. The maximum Gasteiger partial charge on any atom is 0.278 e. The first-order chi connectivity index (χ1) is 12.6. The Bertz CT molecular complexity index is 1000. The van der Waals surface area contributed by atoms with Crippen LogP contribution in [0.4, 0.5) is 17.5 Å². The fraction of sp³-hybridized carbons (Fsp3) is 0.105. The van der Waals surface area contributed by atoms with E-state index in [-0.39, 0.29) is 23.6 Å². The Balaban J connectivity index is 1.89. The van der Waals surface area contributed by atoms with E-state index in [0.717, 1.165) is 5.56 Å². The Labute approximate surface area is 149 Å². The van der Waals surface area contributed by atoms with Crippen molar-refractivity contribution in [2.24, 2.45) is 0 Å². The van der Waals surface area contributed by atoms with Crippen LogP contribution in [0.2, 0.25) is 0 Å². The van der Waals surface area contributed by atoms with Crippen LogP contribution in [0.5, 0.6) is 0 Å². The summed E-state index contributed by atoms with van der Waals surface area (Å²) in [5, 5.41) is 3.12. The van der Waals surface area contributed by atoms with Crippen LogP contribution in [0.1, 0.15) is 22.0 Å². The molecule has 1 aromatic heterocycles. The zero-order chi connectivity index (χ0) is 18.1. The molecule has 3 aromatic rings. The van der Waals surface area contributed by atoms with Crippen molar-refractivity contribution in [2.75, 3.05) is 22.5 Å². The van der Waals surface area contributed by atoms with Crippen molar-refractivity contribution in [1.82, 2.24) is 9.97 Å². The number of hydrogen-bond donors (Lipinski definition) is 3. The number of nitrogens with one attached hydrogen (secondary N) is 2. The number of nitrogens with zero attached hydrogens (tertiary/aromatic N) is 2. The van der Waals surface area contributed by atoms with E-state index in [9.17, 15) is 9.59 Å². The summed E-state index contributed by atoms with van der Waals surface area (Å²) >= 11 is 0. The number of rotatable bonds is 2. The molecule has 4 rings (SSSR count). The predicted molar refractivity (Wildman–Crippen MR) is 100 cm³/mol. The number of H-pyrrole nitrogens is 1. The lowest BCUT2D eigenvalue weighted by Gasteiger charge is -2.36. The minimum Gasteiger partial charge on any atom is -0.369 e. The summed E-state index contributed by atoms with van der Waals surface area (Å²) < 4.78 is 0. The van der Waals surface area contributed by atoms with Gasteiger partial charge in [0.05, 0.1) is 6.04 Å². The largest absolute Gasteiger partial charge is 0.369 e.